The Kier molecular flexibility index (Phi) is 3.75. The Bertz CT molecular complexity index is 556. The number of nitrogens with zero attached hydrogens (tertiary/aromatic N) is 2. The molecule has 17 heavy (non-hydrogen) atoms. The molecule has 0 amide bonds. The molecule has 2 aromatic rings. The van der Waals surface area contributed by atoms with Crippen molar-refractivity contribution in [1.29, 1.82) is 0 Å². The van der Waals surface area contributed by atoms with Gasteiger partial charge in [-0.25, -0.2) is 4.98 Å². The van der Waals surface area contributed by atoms with Gasteiger partial charge in [-0.2, -0.15) is 0 Å². The minimum atomic E-state index is 0.401. The van der Waals surface area contributed by atoms with Gasteiger partial charge in [0.2, 0.25) is 0 Å². The van der Waals surface area contributed by atoms with E-state index in [0.29, 0.717) is 17.0 Å². The Balaban J connectivity index is 2.58. The van der Waals surface area contributed by atoms with Crippen LogP contribution in [0.3, 0.4) is 0 Å². The molecule has 0 N–H and O–H groups in total. The van der Waals surface area contributed by atoms with Crippen LogP contribution in [0.1, 0.15) is 19.5 Å². The fourth-order valence-electron chi connectivity index (χ4n) is 1.65. The molecule has 0 atom stereocenters. The molecule has 0 unspecified atom stereocenters. The van der Waals surface area contributed by atoms with Crippen molar-refractivity contribution in [2.24, 2.45) is 5.92 Å². The van der Waals surface area contributed by atoms with Crippen molar-refractivity contribution >= 4 is 34.9 Å². The van der Waals surface area contributed by atoms with Gasteiger partial charge in [0.15, 0.2) is 5.15 Å². The monoisotopic (exact) mass is 268 g/mol. The quantitative estimate of drug-likeness (QED) is 0.761. The second-order valence-corrected chi connectivity index (χ2v) is 4.85. The topological polar surface area (TPSA) is 17.3 Å². The van der Waals surface area contributed by atoms with E-state index in [2.05, 4.69) is 18.8 Å². The summed E-state index contributed by atoms with van der Waals surface area (Å²) in [6.45, 7) is 4.23. The van der Waals surface area contributed by atoms with E-state index in [9.17, 15) is 0 Å². The third-order valence-electron chi connectivity index (χ3n) is 2.74. The lowest BCUT2D eigenvalue weighted by atomic mass is 10.0. The van der Waals surface area contributed by atoms with E-state index in [1.807, 2.05) is 34.9 Å². The molecule has 0 aliphatic carbocycles. The molecule has 0 aliphatic rings. The summed E-state index contributed by atoms with van der Waals surface area (Å²) >= 11 is 12.1. The van der Waals surface area contributed by atoms with E-state index >= 15 is 0 Å². The van der Waals surface area contributed by atoms with Gasteiger partial charge in [0.25, 0.3) is 0 Å². The first-order chi connectivity index (χ1) is 8.13. The summed E-state index contributed by atoms with van der Waals surface area (Å²) in [4.78, 5) is 4.30. The number of pyridine rings is 1. The molecular weight excluding hydrogens is 255 g/mol. The zero-order valence-electron chi connectivity index (χ0n) is 9.82. The lowest BCUT2D eigenvalue weighted by Gasteiger charge is -2.07. The van der Waals surface area contributed by atoms with Crippen LogP contribution in [0.4, 0.5) is 0 Å². The number of fused-ring (bicyclic) bond motifs is 1. The van der Waals surface area contributed by atoms with Gasteiger partial charge in [0.05, 0.1) is 5.69 Å². The van der Waals surface area contributed by atoms with Crippen molar-refractivity contribution in [2.75, 3.05) is 5.88 Å². The van der Waals surface area contributed by atoms with E-state index < -0.39 is 0 Å². The average Bonchev–Trinajstić information content (AvgIpc) is 2.61. The van der Waals surface area contributed by atoms with Gasteiger partial charge in [-0.15, -0.1) is 11.6 Å². The van der Waals surface area contributed by atoms with Crippen LogP contribution >= 0.6 is 23.2 Å². The van der Waals surface area contributed by atoms with Crippen LogP contribution in [0, 0.1) is 5.92 Å². The van der Waals surface area contributed by atoms with Crippen molar-refractivity contribution in [2.45, 2.75) is 13.8 Å². The van der Waals surface area contributed by atoms with Crippen LogP contribution in [-0.4, -0.2) is 15.3 Å². The zero-order chi connectivity index (χ0) is 12.4. The van der Waals surface area contributed by atoms with Crippen molar-refractivity contribution in [3.8, 4) is 0 Å². The van der Waals surface area contributed by atoms with Crippen LogP contribution in [0.5, 0.6) is 0 Å². The fourth-order valence-corrected chi connectivity index (χ4v) is 2.27. The Morgan fingerprint density at radius 1 is 1.47 bits per heavy atom. The highest BCUT2D eigenvalue weighted by Gasteiger charge is 2.10. The molecule has 0 bridgehead atoms. The largest absolute Gasteiger partial charge is 0.299 e. The highest BCUT2D eigenvalue weighted by Crippen LogP contribution is 2.23. The zero-order valence-corrected chi connectivity index (χ0v) is 11.3. The number of hydrogen-bond acceptors (Lipinski definition) is 1. The maximum absolute atomic E-state index is 6.15. The third kappa shape index (κ3) is 2.48. The second-order valence-electron chi connectivity index (χ2n) is 4.22. The van der Waals surface area contributed by atoms with Gasteiger partial charge in [0.1, 0.15) is 5.65 Å². The number of imidazole rings is 1. The van der Waals surface area contributed by atoms with Crippen molar-refractivity contribution < 1.29 is 0 Å². The molecule has 2 rings (SSSR count). The predicted octanol–water partition coefficient (Wildman–Crippen LogP) is 4.27. The van der Waals surface area contributed by atoms with E-state index in [1.165, 1.54) is 0 Å². The van der Waals surface area contributed by atoms with E-state index in [0.717, 1.165) is 16.9 Å². The molecule has 2 aromatic heterocycles. The molecule has 2 heterocycles. The summed E-state index contributed by atoms with van der Waals surface area (Å²) < 4.78 is 1.97. The summed E-state index contributed by atoms with van der Waals surface area (Å²) in [5.41, 5.74) is 2.90. The van der Waals surface area contributed by atoms with Gasteiger partial charge in [-0.3, -0.25) is 4.40 Å². The van der Waals surface area contributed by atoms with Crippen molar-refractivity contribution in [1.82, 2.24) is 9.38 Å². The fraction of sp³-hybridized carbons (Fsp3) is 0.308. The number of rotatable bonds is 3. The lowest BCUT2D eigenvalue weighted by Crippen LogP contribution is -1.96. The maximum atomic E-state index is 6.15. The smallest absolute Gasteiger partial charge is 0.155 e. The standard InChI is InChI=1S/C13H14Cl2N2/c1-9(2)10(8-14)7-11-13(15)16-12-5-3-4-6-17(11)12/h3-7,9H,8H2,1-2H3. The average molecular weight is 269 g/mol. The molecular formula is C13H14Cl2N2. The van der Waals surface area contributed by atoms with E-state index in [1.54, 1.807) is 0 Å². The number of alkyl halides is 1. The number of hydrogen-bond donors (Lipinski definition) is 0. The maximum Gasteiger partial charge on any atom is 0.155 e. The van der Waals surface area contributed by atoms with Gasteiger partial charge >= 0.3 is 0 Å². The Labute approximate surface area is 111 Å². The molecule has 90 valence electrons. The van der Waals surface area contributed by atoms with Crippen LogP contribution in [0.2, 0.25) is 5.15 Å². The third-order valence-corrected chi connectivity index (χ3v) is 3.33. The molecule has 0 aliphatic heterocycles. The SMILES string of the molecule is CC(C)C(=Cc1c(Cl)nc2ccccn12)CCl. The number of halogens is 2. The molecule has 0 fully saturated rings. The molecule has 0 saturated heterocycles. The van der Waals surface area contributed by atoms with E-state index in [4.69, 9.17) is 23.2 Å². The van der Waals surface area contributed by atoms with Crippen LogP contribution in [0.25, 0.3) is 11.7 Å². The Morgan fingerprint density at radius 3 is 2.88 bits per heavy atom. The van der Waals surface area contributed by atoms with Crippen LogP contribution in [-0.2, 0) is 0 Å². The van der Waals surface area contributed by atoms with Crippen molar-refractivity contribution in [3.63, 3.8) is 0 Å². The summed E-state index contributed by atoms with van der Waals surface area (Å²) in [5, 5.41) is 0.513. The normalized spacial score (nSPS) is 12.6. The first-order valence-electron chi connectivity index (χ1n) is 5.52. The van der Waals surface area contributed by atoms with E-state index in [-0.39, 0.29) is 0 Å². The Hall–Kier alpha value is -0.990. The van der Waals surface area contributed by atoms with Crippen molar-refractivity contribution in [3.05, 3.63) is 40.8 Å². The minimum Gasteiger partial charge on any atom is -0.299 e. The molecule has 0 saturated carbocycles. The van der Waals surface area contributed by atoms with Crippen LogP contribution < -0.4 is 0 Å². The summed E-state index contributed by atoms with van der Waals surface area (Å²) in [6, 6.07) is 5.83. The summed E-state index contributed by atoms with van der Waals surface area (Å²) in [6.07, 6.45) is 3.98. The molecule has 4 heteroatoms. The predicted molar refractivity (Wildman–Crippen MR) is 73.7 cm³/mol. The van der Waals surface area contributed by atoms with Gasteiger partial charge < -0.3 is 0 Å². The number of allylic oxidation sites excluding steroid dienone is 1. The first kappa shape index (κ1) is 12.5. The summed E-state index contributed by atoms with van der Waals surface area (Å²) in [5.74, 6) is 0.909. The van der Waals surface area contributed by atoms with Gasteiger partial charge in [-0.1, -0.05) is 37.1 Å². The molecule has 0 spiro atoms. The minimum absolute atomic E-state index is 0.401. The Morgan fingerprint density at radius 2 is 2.24 bits per heavy atom. The van der Waals surface area contributed by atoms with Gasteiger partial charge in [-0.05, 0) is 24.1 Å². The summed E-state index contributed by atoms with van der Waals surface area (Å²) in [7, 11) is 0. The highest BCUT2D eigenvalue weighted by molar-refractivity contribution is 6.31. The van der Waals surface area contributed by atoms with Crippen LogP contribution in [0.15, 0.2) is 30.0 Å². The molecule has 2 nitrogen and oxygen atoms in total. The second kappa shape index (κ2) is 5.11. The molecule has 0 aromatic carbocycles. The first-order valence-corrected chi connectivity index (χ1v) is 6.43. The lowest BCUT2D eigenvalue weighted by molar-refractivity contribution is 0.777. The van der Waals surface area contributed by atoms with Gasteiger partial charge in [0, 0.05) is 12.1 Å². The highest BCUT2D eigenvalue weighted by atomic mass is 35.5. The molecule has 0 radical (unpaired) electrons. The number of aromatic nitrogens is 2.